The second-order valence-electron chi connectivity index (χ2n) is 4.77. The van der Waals surface area contributed by atoms with Crippen molar-refractivity contribution in [3.8, 4) is 16.9 Å². The van der Waals surface area contributed by atoms with Crippen molar-refractivity contribution in [3.63, 3.8) is 0 Å². The lowest BCUT2D eigenvalue weighted by Crippen LogP contribution is -2.24. The SMILES string of the molecule is CCOC(=O)C1Oc2ccc([N+](=O)[O-])cc2-c2ccccc21. The van der Waals surface area contributed by atoms with E-state index in [0.29, 0.717) is 16.9 Å². The van der Waals surface area contributed by atoms with Gasteiger partial charge in [-0.15, -0.1) is 0 Å². The van der Waals surface area contributed by atoms with Gasteiger partial charge in [0.25, 0.3) is 5.69 Å². The van der Waals surface area contributed by atoms with Gasteiger partial charge in [0.1, 0.15) is 5.75 Å². The van der Waals surface area contributed by atoms with E-state index in [1.165, 1.54) is 18.2 Å². The molecule has 112 valence electrons. The third-order valence-electron chi connectivity index (χ3n) is 3.45. The normalized spacial score (nSPS) is 15.2. The molecule has 0 aromatic heterocycles. The number of carbonyl (C=O) groups excluding carboxylic acids is 1. The topological polar surface area (TPSA) is 78.7 Å². The van der Waals surface area contributed by atoms with Gasteiger partial charge in [0.15, 0.2) is 0 Å². The molecule has 22 heavy (non-hydrogen) atoms. The van der Waals surface area contributed by atoms with Crippen molar-refractivity contribution < 1.29 is 19.2 Å². The summed E-state index contributed by atoms with van der Waals surface area (Å²) in [5.41, 5.74) is 1.97. The zero-order chi connectivity index (χ0) is 15.7. The van der Waals surface area contributed by atoms with Crippen LogP contribution in [0.5, 0.6) is 5.75 Å². The third-order valence-corrected chi connectivity index (χ3v) is 3.45. The molecule has 0 saturated carbocycles. The van der Waals surface area contributed by atoms with Crippen molar-refractivity contribution in [1.29, 1.82) is 0 Å². The number of nitrogens with zero attached hydrogens (tertiary/aromatic N) is 1. The molecule has 0 spiro atoms. The van der Waals surface area contributed by atoms with E-state index in [1.807, 2.05) is 12.1 Å². The highest BCUT2D eigenvalue weighted by molar-refractivity contribution is 5.86. The summed E-state index contributed by atoms with van der Waals surface area (Å²) in [4.78, 5) is 22.6. The van der Waals surface area contributed by atoms with Gasteiger partial charge in [-0.3, -0.25) is 10.1 Å². The van der Waals surface area contributed by atoms with Crippen LogP contribution in [0.1, 0.15) is 18.6 Å². The van der Waals surface area contributed by atoms with E-state index in [4.69, 9.17) is 9.47 Å². The van der Waals surface area contributed by atoms with E-state index in [0.717, 1.165) is 5.56 Å². The number of non-ortho nitro benzene ring substituents is 1. The van der Waals surface area contributed by atoms with Crippen LogP contribution in [0.15, 0.2) is 42.5 Å². The zero-order valence-electron chi connectivity index (χ0n) is 11.8. The largest absolute Gasteiger partial charge is 0.473 e. The Labute approximate surface area is 126 Å². The monoisotopic (exact) mass is 299 g/mol. The van der Waals surface area contributed by atoms with E-state index in [-0.39, 0.29) is 12.3 Å². The summed E-state index contributed by atoms with van der Waals surface area (Å²) in [5, 5.41) is 10.9. The lowest BCUT2D eigenvalue weighted by atomic mass is 9.92. The molecule has 0 radical (unpaired) electrons. The first-order chi connectivity index (χ1) is 10.6. The molecule has 1 aliphatic rings. The number of hydrogen-bond acceptors (Lipinski definition) is 5. The summed E-state index contributed by atoms with van der Waals surface area (Å²) in [6, 6.07) is 11.5. The highest BCUT2D eigenvalue weighted by atomic mass is 16.6. The first-order valence-electron chi connectivity index (χ1n) is 6.83. The van der Waals surface area contributed by atoms with Crippen LogP contribution in [0.2, 0.25) is 0 Å². The number of nitro benzene ring substituents is 1. The lowest BCUT2D eigenvalue weighted by Gasteiger charge is -2.27. The number of esters is 1. The van der Waals surface area contributed by atoms with Crippen molar-refractivity contribution >= 4 is 11.7 Å². The molecule has 1 unspecified atom stereocenters. The molecule has 3 rings (SSSR count). The summed E-state index contributed by atoms with van der Waals surface area (Å²) in [7, 11) is 0. The van der Waals surface area contributed by atoms with Gasteiger partial charge in [0.05, 0.1) is 11.5 Å². The Hall–Kier alpha value is -2.89. The second-order valence-corrected chi connectivity index (χ2v) is 4.77. The highest BCUT2D eigenvalue weighted by Gasteiger charge is 2.33. The van der Waals surface area contributed by atoms with Crippen LogP contribution in [0.4, 0.5) is 5.69 Å². The maximum absolute atomic E-state index is 12.1. The number of hydrogen-bond donors (Lipinski definition) is 0. The van der Waals surface area contributed by atoms with E-state index < -0.39 is 17.0 Å². The first-order valence-corrected chi connectivity index (χ1v) is 6.83. The molecule has 0 N–H and O–H groups in total. The van der Waals surface area contributed by atoms with Gasteiger partial charge in [0.2, 0.25) is 6.10 Å². The van der Waals surface area contributed by atoms with Crippen LogP contribution < -0.4 is 4.74 Å². The van der Waals surface area contributed by atoms with Gasteiger partial charge in [0, 0.05) is 23.3 Å². The van der Waals surface area contributed by atoms with Gasteiger partial charge in [-0.2, -0.15) is 0 Å². The summed E-state index contributed by atoms with van der Waals surface area (Å²) >= 11 is 0. The zero-order valence-corrected chi connectivity index (χ0v) is 11.8. The second kappa shape index (κ2) is 5.48. The van der Waals surface area contributed by atoms with Gasteiger partial charge < -0.3 is 9.47 Å². The minimum absolute atomic E-state index is 0.0215. The van der Waals surface area contributed by atoms with Crippen molar-refractivity contribution in [2.45, 2.75) is 13.0 Å². The average molecular weight is 299 g/mol. The summed E-state index contributed by atoms with van der Waals surface area (Å²) in [6.45, 7) is 1.98. The fourth-order valence-corrected chi connectivity index (χ4v) is 2.50. The Morgan fingerprint density at radius 3 is 2.77 bits per heavy atom. The van der Waals surface area contributed by atoms with Crippen molar-refractivity contribution in [1.82, 2.24) is 0 Å². The quantitative estimate of drug-likeness (QED) is 0.494. The van der Waals surface area contributed by atoms with Crippen LogP contribution in [-0.4, -0.2) is 17.5 Å². The molecule has 0 amide bonds. The molecule has 0 bridgehead atoms. The van der Waals surface area contributed by atoms with E-state index in [2.05, 4.69) is 0 Å². The third kappa shape index (κ3) is 2.28. The number of rotatable bonds is 3. The molecule has 1 heterocycles. The smallest absolute Gasteiger partial charge is 0.352 e. The minimum Gasteiger partial charge on any atom is -0.473 e. The van der Waals surface area contributed by atoms with Gasteiger partial charge in [-0.1, -0.05) is 24.3 Å². The Morgan fingerprint density at radius 1 is 1.27 bits per heavy atom. The maximum Gasteiger partial charge on any atom is 0.352 e. The minimum atomic E-state index is -0.856. The highest BCUT2D eigenvalue weighted by Crippen LogP contribution is 2.44. The average Bonchev–Trinajstić information content (AvgIpc) is 2.53. The molecule has 2 aromatic rings. The van der Waals surface area contributed by atoms with Gasteiger partial charge in [-0.05, 0) is 18.6 Å². The molecule has 0 fully saturated rings. The Kier molecular flexibility index (Phi) is 3.50. The maximum atomic E-state index is 12.1. The van der Waals surface area contributed by atoms with Gasteiger partial charge in [-0.25, -0.2) is 4.79 Å². The Morgan fingerprint density at radius 2 is 2.05 bits per heavy atom. The standard InChI is InChI=1S/C16H13NO5/c1-2-21-16(18)15-12-6-4-3-5-11(12)13-9-10(17(19)20)7-8-14(13)22-15/h3-9,15H,2H2,1H3. The number of benzene rings is 2. The molecule has 6 heteroatoms. The lowest BCUT2D eigenvalue weighted by molar-refractivity contribution is -0.384. The Bertz CT molecular complexity index is 756. The molecular formula is C16H13NO5. The molecule has 0 aliphatic carbocycles. The first kappa shape index (κ1) is 14.1. The van der Waals surface area contributed by atoms with Crippen LogP contribution in [0.3, 0.4) is 0 Å². The molecule has 0 saturated heterocycles. The van der Waals surface area contributed by atoms with E-state index >= 15 is 0 Å². The van der Waals surface area contributed by atoms with Crippen molar-refractivity contribution in [3.05, 3.63) is 58.1 Å². The molecule has 1 atom stereocenters. The predicted octanol–water partition coefficient (Wildman–Crippen LogP) is 3.26. The van der Waals surface area contributed by atoms with Crippen LogP contribution >= 0.6 is 0 Å². The van der Waals surface area contributed by atoms with E-state index in [9.17, 15) is 14.9 Å². The number of carbonyl (C=O) groups is 1. The number of fused-ring (bicyclic) bond motifs is 3. The van der Waals surface area contributed by atoms with Crippen LogP contribution in [0, 0.1) is 10.1 Å². The Balaban J connectivity index is 2.13. The fourth-order valence-electron chi connectivity index (χ4n) is 2.50. The van der Waals surface area contributed by atoms with Gasteiger partial charge >= 0.3 is 5.97 Å². The van der Waals surface area contributed by atoms with Crippen LogP contribution in [-0.2, 0) is 9.53 Å². The van der Waals surface area contributed by atoms with Crippen molar-refractivity contribution in [2.24, 2.45) is 0 Å². The van der Waals surface area contributed by atoms with Crippen molar-refractivity contribution in [2.75, 3.05) is 6.61 Å². The summed E-state index contributed by atoms with van der Waals surface area (Å²) in [6.07, 6.45) is -0.856. The molecule has 6 nitrogen and oxygen atoms in total. The molecule has 1 aliphatic heterocycles. The predicted molar refractivity (Wildman–Crippen MR) is 78.5 cm³/mol. The molecular weight excluding hydrogens is 286 g/mol. The van der Waals surface area contributed by atoms with Crippen LogP contribution in [0.25, 0.3) is 11.1 Å². The fraction of sp³-hybridized carbons (Fsp3) is 0.188. The van der Waals surface area contributed by atoms with E-state index in [1.54, 1.807) is 19.1 Å². The summed E-state index contributed by atoms with van der Waals surface area (Å²) in [5.74, 6) is -0.0405. The molecule has 2 aromatic carbocycles. The summed E-state index contributed by atoms with van der Waals surface area (Å²) < 4.78 is 10.8. The number of ether oxygens (including phenoxy) is 2. The number of nitro groups is 1.